The van der Waals surface area contributed by atoms with Crippen molar-refractivity contribution in [1.82, 2.24) is 14.9 Å². The van der Waals surface area contributed by atoms with Crippen molar-refractivity contribution in [3.05, 3.63) is 64.4 Å². The normalized spacial score (nSPS) is 12.5. The summed E-state index contributed by atoms with van der Waals surface area (Å²) >= 11 is 1.31. The fourth-order valence-electron chi connectivity index (χ4n) is 3.24. The van der Waals surface area contributed by atoms with E-state index in [1.165, 1.54) is 11.8 Å². The third-order valence-corrected chi connectivity index (χ3v) is 5.93. The van der Waals surface area contributed by atoms with Gasteiger partial charge in [-0.15, -0.1) is 0 Å². The van der Waals surface area contributed by atoms with Gasteiger partial charge in [-0.05, 0) is 42.5 Å². The zero-order valence-corrected chi connectivity index (χ0v) is 19.0. The number of fused-ring (bicyclic) bond motifs is 1. The van der Waals surface area contributed by atoms with E-state index in [-0.39, 0.29) is 22.6 Å². The molecule has 0 spiro atoms. The summed E-state index contributed by atoms with van der Waals surface area (Å²) in [7, 11) is 0. The van der Waals surface area contributed by atoms with E-state index in [9.17, 15) is 9.59 Å². The number of amides is 1. The van der Waals surface area contributed by atoms with Crippen LogP contribution in [0.15, 0.2) is 58.5 Å². The number of nitrogens with one attached hydrogen (secondary N) is 1. The average Bonchev–Trinajstić information content (AvgIpc) is 2.72. The summed E-state index contributed by atoms with van der Waals surface area (Å²) in [5, 5.41) is 3.68. The van der Waals surface area contributed by atoms with Gasteiger partial charge in [0.15, 0.2) is 5.16 Å². The highest BCUT2D eigenvalue weighted by molar-refractivity contribution is 8.00. The molecule has 1 N–H and O–H groups in total. The summed E-state index contributed by atoms with van der Waals surface area (Å²) in [5.41, 5.74) is 2.40. The molecule has 158 valence electrons. The quantitative estimate of drug-likeness (QED) is 0.439. The van der Waals surface area contributed by atoms with E-state index in [0.717, 1.165) is 11.3 Å². The third-order valence-electron chi connectivity index (χ3n) is 4.88. The highest BCUT2D eigenvalue weighted by Crippen LogP contribution is 2.29. The Morgan fingerprint density at radius 1 is 1.03 bits per heavy atom. The van der Waals surface area contributed by atoms with Gasteiger partial charge in [0, 0.05) is 6.54 Å². The zero-order chi connectivity index (χ0) is 21.8. The summed E-state index contributed by atoms with van der Waals surface area (Å²) < 4.78 is 1.66. The Kier molecular flexibility index (Phi) is 6.98. The van der Waals surface area contributed by atoms with Crippen molar-refractivity contribution < 1.29 is 4.79 Å². The molecule has 0 aliphatic heterocycles. The number of para-hydroxylation sites is 2. The molecule has 0 aliphatic rings. The minimum atomic E-state index is -0.380. The van der Waals surface area contributed by atoms with Gasteiger partial charge in [0.05, 0.1) is 21.8 Å². The minimum Gasteiger partial charge on any atom is -0.355 e. The lowest BCUT2D eigenvalue weighted by Gasteiger charge is -2.20. The SMILES string of the molecule is CC(C)CNC(=O)C(C)Sc1nc2ccccc2c(=O)n1-c1ccccc1C(C)C. The first-order chi connectivity index (χ1) is 14.3. The number of hydrogen-bond acceptors (Lipinski definition) is 4. The van der Waals surface area contributed by atoms with Crippen molar-refractivity contribution in [2.24, 2.45) is 5.92 Å². The molecule has 1 amide bonds. The first-order valence-corrected chi connectivity index (χ1v) is 11.2. The van der Waals surface area contributed by atoms with Crippen molar-refractivity contribution in [2.75, 3.05) is 6.54 Å². The topological polar surface area (TPSA) is 64.0 Å². The molecule has 0 aliphatic carbocycles. The van der Waals surface area contributed by atoms with Crippen LogP contribution in [-0.2, 0) is 4.79 Å². The molecular weight excluding hydrogens is 394 g/mol. The fraction of sp³-hybridized carbons (Fsp3) is 0.375. The molecule has 30 heavy (non-hydrogen) atoms. The van der Waals surface area contributed by atoms with Gasteiger partial charge in [-0.2, -0.15) is 0 Å². The van der Waals surface area contributed by atoms with Gasteiger partial charge in [-0.25, -0.2) is 4.98 Å². The lowest BCUT2D eigenvalue weighted by atomic mass is 10.0. The Labute approximate surface area is 181 Å². The van der Waals surface area contributed by atoms with Crippen LogP contribution in [-0.4, -0.2) is 27.3 Å². The molecule has 0 saturated carbocycles. The summed E-state index contributed by atoms with van der Waals surface area (Å²) in [6.07, 6.45) is 0. The Bertz CT molecular complexity index is 1110. The standard InChI is InChI=1S/C24H29N3O2S/c1-15(2)14-25-22(28)17(5)30-24-26-20-12-8-6-11-19(20)23(29)27(24)21-13-9-7-10-18(21)16(3)4/h6-13,15-17H,14H2,1-5H3,(H,25,28). The van der Waals surface area contributed by atoms with E-state index in [2.05, 4.69) is 33.0 Å². The molecule has 0 fully saturated rings. The molecule has 1 unspecified atom stereocenters. The van der Waals surface area contributed by atoms with Crippen molar-refractivity contribution in [2.45, 2.75) is 50.9 Å². The largest absolute Gasteiger partial charge is 0.355 e. The lowest BCUT2D eigenvalue weighted by molar-refractivity contribution is -0.120. The zero-order valence-electron chi connectivity index (χ0n) is 18.2. The number of hydrogen-bond donors (Lipinski definition) is 1. The van der Waals surface area contributed by atoms with E-state index < -0.39 is 0 Å². The minimum absolute atomic E-state index is 0.0557. The summed E-state index contributed by atoms with van der Waals surface area (Å²) in [4.78, 5) is 30.9. The van der Waals surface area contributed by atoms with Crippen LogP contribution in [0.3, 0.4) is 0 Å². The van der Waals surface area contributed by atoms with Crippen LogP contribution in [0.2, 0.25) is 0 Å². The molecule has 6 heteroatoms. The number of rotatable bonds is 7. The van der Waals surface area contributed by atoms with E-state index in [4.69, 9.17) is 4.98 Å². The molecule has 1 heterocycles. The molecule has 3 rings (SSSR count). The Morgan fingerprint density at radius 2 is 1.70 bits per heavy atom. The van der Waals surface area contributed by atoms with Gasteiger partial charge in [0.2, 0.25) is 5.91 Å². The highest BCUT2D eigenvalue weighted by atomic mass is 32.2. The fourth-order valence-corrected chi connectivity index (χ4v) is 4.19. The maximum absolute atomic E-state index is 13.5. The predicted octanol–water partition coefficient (Wildman–Crippen LogP) is 4.76. The van der Waals surface area contributed by atoms with Crippen molar-refractivity contribution in [1.29, 1.82) is 0 Å². The van der Waals surface area contributed by atoms with Crippen LogP contribution >= 0.6 is 11.8 Å². The highest BCUT2D eigenvalue weighted by Gasteiger charge is 2.21. The van der Waals surface area contributed by atoms with Crippen LogP contribution in [0.5, 0.6) is 0 Å². The summed E-state index contributed by atoms with van der Waals surface area (Å²) in [6.45, 7) is 10.8. The molecule has 1 atom stereocenters. The van der Waals surface area contributed by atoms with E-state index >= 15 is 0 Å². The summed E-state index contributed by atoms with van der Waals surface area (Å²) in [6, 6.07) is 15.2. The molecule has 2 aromatic carbocycles. The van der Waals surface area contributed by atoms with Gasteiger partial charge in [0.25, 0.3) is 5.56 Å². The molecule has 0 bridgehead atoms. The molecule has 1 aromatic heterocycles. The van der Waals surface area contributed by atoms with Gasteiger partial charge in [-0.1, -0.05) is 69.8 Å². The van der Waals surface area contributed by atoms with Crippen LogP contribution in [0.1, 0.15) is 46.1 Å². The molecule has 5 nitrogen and oxygen atoms in total. The smallest absolute Gasteiger partial charge is 0.266 e. The van der Waals surface area contributed by atoms with E-state index in [1.54, 1.807) is 10.6 Å². The maximum Gasteiger partial charge on any atom is 0.266 e. The lowest BCUT2D eigenvalue weighted by Crippen LogP contribution is -2.34. The Morgan fingerprint density at radius 3 is 2.40 bits per heavy atom. The second kappa shape index (κ2) is 9.47. The number of nitrogens with zero attached hydrogens (tertiary/aromatic N) is 2. The molecule has 3 aromatic rings. The maximum atomic E-state index is 13.5. The van der Waals surface area contributed by atoms with Gasteiger partial charge < -0.3 is 5.32 Å². The second-order valence-corrected chi connectivity index (χ2v) is 9.47. The Balaban J connectivity index is 2.13. The number of thioether (sulfide) groups is 1. The molecule has 0 radical (unpaired) electrons. The number of carbonyl (C=O) groups excluding carboxylic acids is 1. The molecular formula is C24H29N3O2S. The number of aromatic nitrogens is 2. The molecule has 0 saturated heterocycles. The first-order valence-electron chi connectivity index (χ1n) is 10.3. The van der Waals surface area contributed by atoms with Crippen LogP contribution in [0.4, 0.5) is 0 Å². The average molecular weight is 424 g/mol. The Hall–Kier alpha value is -2.60. The van der Waals surface area contributed by atoms with Crippen LogP contribution in [0, 0.1) is 5.92 Å². The number of carbonyl (C=O) groups is 1. The van der Waals surface area contributed by atoms with Gasteiger partial charge in [0.1, 0.15) is 0 Å². The van der Waals surface area contributed by atoms with E-state index in [0.29, 0.717) is 28.5 Å². The summed E-state index contributed by atoms with van der Waals surface area (Å²) in [5.74, 6) is 0.560. The van der Waals surface area contributed by atoms with Crippen LogP contribution in [0.25, 0.3) is 16.6 Å². The van der Waals surface area contributed by atoms with Crippen molar-refractivity contribution in [3.63, 3.8) is 0 Å². The van der Waals surface area contributed by atoms with Gasteiger partial charge in [-0.3, -0.25) is 14.2 Å². The predicted molar refractivity (Wildman–Crippen MR) is 125 cm³/mol. The monoisotopic (exact) mass is 423 g/mol. The second-order valence-electron chi connectivity index (χ2n) is 8.16. The van der Waals surface area contributed by atoms with E-state index in [1.807, 2.05) is 49.4 Å². The van der Waals surface area contributed by atoms with Crippen molar-refractivity contribution in [3.8, 4) is 5.69 Å². The van der Waals surface area contributed by atoms with Gasteiger partial charge >= 0.3 is 0 Å². The van der Waals surface area contributed by atoms with Crippen LogP contribution < -0.4 is 10.9 Å². The third kappa shape index (κ3) is 4.75. The number of benzene rings is 2. The van der Waals surface area contributed by atoms with Crippen molar-refractivity contribution >= 4 is 28.6 Å². The first kappa shape index (κ1) is 22.1.